The Bertz CT molecular complexity index is 1340. The fourth-order valence-corrected chi connectivity index (χ4v) is 6.93. The van der Waals surface area contributed by atoms with E-state index in [-0.39, 0.29) is 16.7 Å². The molecule has 7 rings (SSSR count). The Hall–Kier alpha value is -3.40. The van der Waals surface area contributed by atoms with Gasteiger partial charge in [-0.1, -0.05) is 60.7 Å². The van der Waals surface area contributed by atoms with E-state index in [1.54, 1.807) is 6.07 Å². The van der Waals surface area contributed by atoms with E-state index in [1.807, 2.05) is 12.1 Å². The lowest BCUT2D eigenvalue weighted by Crippen LogP contribution is -2.46. The molecule has 0 amide bonds. The van der Waals surface area contributed by atoms with Crippen molar-refractivity contribution in [3.05, 3.63) is 106 Å². The zero-order valence-corrected chi connectivity index (χ0v) is 17.7. The summed E-state index contributed by atoms with van der Waals surface area (Å²) in [6, 6.07) is 18.7. The molecule has 2 heterocycles. The van der Waals surface area contributed by atoms with E-state index in [2.05, 4.69) is 65.6 Å². The minimum Gasteiger partial charge on any atom is -0.363 e. The molecule has 32 heavy (non-hydrogen) atoms. The number of nitrogens with zero attached hydrogens (tertiary/aromatic N) is 2. The molecule has 0 fully saturated rings. The number of nitro groups is 1. The van der Waals surface area contributed by atoms with Crippen molar-refractivity contribution < 1.29 is 4.92 Å². The second kappa shape index (κ2) is 6.55. The molecule has 0 bridgehead atoms. The Balaban J connectivity index is 1.52. The molecule has 5 atom stereocenters. The summed E-state index contributed by atoms with van der Waals surface area (Å²) in [5.41, 5.74) is 5.56. The van der Waals surface area contributed by atoms with Crippen molar-refractivity contribution >= 4 is 22.1 Å². The fourth-order valence-electron chi connectivity index (χ4n) is 6.93. The number of fused-ring (bicyclic) bond motifs is 6. The van der Waals surface area contributed by atoms with Crippen LogP contribution in [0.4, 0.5) is 11.4 Å². The van der Waals surface area contributed by atoms with Crippen LogP contribution >= 0.6 is 0 Å². The molecule has 0 N–H and O–H groups in total. The van der Waals surface area contributed by atoms with Crippen molar-refractivity contribution in [3.63, 3.8) is 0 Å². The minimum absolute atomic E-state index is 0.156. The van der Waals surface area contributed by atoms with E-state index >= 15 is 0 Å². The zero-order chi connectivity index (χ0) is 21.4. The molecule has 4 nitrogen and oxygen atoms in total. The van der Waals surface area contributed by atoms with Crippen LogP contribution in [0.2, 0.25) is 0 Å². The third kappa shape index (κ3) is 2.38. The van der Waals surface area contributed by atoms with Gasteiger partial charge in [-0.05, 0) is 58.2 Å². The van der Waals surface area contributed by atoms with Gasteiger partial charge >= 0.3 is 0 Å². The fraction of sp³-hybridized carbons (Fsp3) is 0.286. The van der Waals surface area contributed by atoms with Crippen molar-refractivity contribution in [2.75, 3.05) is 11.4 Å². The molecular weight excluding hydrogens is 396 g/mol. The highest BCUT2D eigenvalue weighted by atomic mass is 16.6. The molecule has 0 radical (unpaired) electrons. The third-order valence-corrected chi connectivity index (χ3v) is 8.17. The quantitative estimate of drug-likeness (QED) is 0.265. The molecule has 0 saturated heterocycles. The molecule has 0 aromatic heterocycles. The predicted octanol–water partition coefficient (Wildman–Crippen LogP) is 6.64. The number of rotatable bonds is 2. The van der Waals surface area contributed by atoms with Crippen LogP contribution < -0.4 is 4.90 Å². The molecule has 0 saturated carbocycles. The average molecular weight is 421 g/mol. The average Bonchev–Trinajstić information content (AvgIpc) is 3.48. The van der Waals surface area contributed by atoms with E-state index in [9.17, 15) is 10.1 Å². The third-order valence-electron chi connectivity index (χ3n) is 8.17. The van der Waals surface area contributed by atoms with Gasteiger partial charge in [0.2, 0.25) is 0 Å². The van der Waals surface area contributed by atoms with Crippen molar-refractivity contribution in [2.45, 2.75) is 30.7 Å². The van der Waals surface area contributed by atoms with E-state index in [0.717, 1.165) is 24.9 Å². The topological polar surface area (TPSA) is 46.4 Å². The lowest BCUT2D eigenvalue weighted by atomic mass is 9.69. The monoisotopic (exact) mass is 420 g/mol. The number of benzene rings is 3. The summed E-state index contributed by atoms with van der Waals surface area (Å²) in [7, 11) is 0. The van der Waals surface area contributed by atoms with Crippen LogP contribution in [0.3, 0.4) is 0 Å². The van der Waals surface area contributed by atoms with Crippen LogP contribution in [0.5, 0.6) is 0 Å². The van der Waals surface area contributed by atoms with Crippen LogP contribution in [0, 0.1) is 22.0 Å². The Morgan fingerprint density at radius 2 is 1.78 bits per heavy atom. The number of hydrogen-bond donors (Lipinski definition) is 0. The summed E-state index contributed by atoms with van der Waals surface area (Å²) in [6.45, 7) is 1.01. The normalized spacial score (nSPS) is 29.1. The summed E-state index contributed by atoms with van der Waals surface area (Å²) in [4.78, 5) is 13.9. The highest BCUT2D eigenvalue weighted by Crippen LogP contribution is 2.60. The first-order chi connectivity index (χ1) is 15.7. The van der Waals surface area contributed by atoms with E-state index in [1.165, 1.54) is 27.6 Å². The Morgan fingerprint density at radius 1 is 0.938 bits per heavy atom. The molecule has 158 valence electrons. The Kier molecular flexibility index (Phi) is 3.73. The van der Waals surface area contributed by atoms with Gasteiger partial charge in [0.05, 0.1) is 11.0 Å². The molecule has 3 aromatic carbocycles. The summed E-state index contributed by atoms with van der Waals surface area (Å²) in [5.74, 6) is 1.78. The zero-order valence-electron chi connectivity index (χ0n) is 17.7. The van der Waals surface area contributed by atoms with Gasteiger partial charge in [0, 0.05) is 36.2 Å². The molecule has 2 aliphatic heterocycles. The summed E-state index contributed by atoms with van der Waals surface area (Å²) in [5, 5.41) is 14.2. The molecule has 3 aromatic rings. The molecule has 0 spiro atoms. The summed E-state index contributed by atoms with van der Waals surface area (Å²) >= 11 is 0. The van der Waals surface area contributed by atoms with E-state index < -0.39 is 0 Å². The number of non-ortho nitro benzene ring substituents is 1. The number of allylic oxidation sites excluding steroid dienone is 4. The maximum Gasteiger partial charge on any atom is 0.269 e. The van der Waals surface area contributed by atoms with Gasteiger partial charge in [-0.15, -0.1) is 0 Å². The van der Waals surface area contributed by atoms with Crippen LogP contribution in [0.25, 0.3) is 10.8 Å². The predicted molar refractivity (Wildman–Crippen MR) is 127 cm³/mol. The molecule has 2 aliphatic carbocycles. The number of nitro benzene ring substituents is 1. The van der Waals surface area contributed by atoms with E-state index in [0.29, 0.717) is 23.7 Å². The summed E-state index contributed by atoms with van der Waals surface area (Å²) in [6.07, 6.45) is 11.6. The van der Waals surface area contributed by atoms with Gasteiger partial charge in [0.15, 0.2) is 0 Å². The van der Waals surface area contributed by atoms with Gasteiger partial charge in [0.1, 0.15) is 0 Å². The highest BCUT2D eigenvalue weighted by molar-refractivity contribution is 5.94. The van der Waals surface area contributed by atoms with Crippen LogP contribution in [0.15, 0.2) is 78.9 Å². The Labute approximate surface area is 187 Å². The lowest BCUT2D eigenvalue weighted by molar-refractivity contribution is -0.384. The molecule has 4 aliphatic rings. The number of anilines is 1. The van der Waals surface area contributed by atoms with Gasteiger partial charge in [-0.25, -0.2) is 0 Å². The van der Waals surface area contributed by atoms with Crippen molar-refractivity contribution in [1.29, 1.82) is 0 Å². The van der Waals surface area contributed by atoms with Crippen molar-refractivity contribution in [3.8, 4) is 0 Å². The second-order valence-corrected chi connectivity index (χ2v) is 9.70. The van der Waals surface area contributed by atoms with Crippen molar-refractivity contribution in [1.82, 2.24) is 0 Å². The van der Waals surface area contributed by atoms with Gasteiger partial charge in [0.25, 0.3) is 5.69 Å². The highest BCUT2D eigenvalue weighted by Gasteiger charge is 2.48. The van der Waals surface area contributed by atoms with Gasteiger partial charge in [-0.3, -0.25) is 10.1 Å². The van der Waals surface area contributed by atoms with E-state index in [4.69, 9.17) is 0 Å². The smallest absolute Gasteiger partial charge is 0.269 e. The van der Waals surface area contributed by atoms with Crippen LogP contribution in [-0.4, -0.2) is 11.5 Å². The Morgan fingerprint density at radius 3 is 2.69 bits per heavy atom. The van der Waals surface area contributed by atoms with Gasteiger partial charge < -0.3 is 4.90 Å². The van der Waals surface area contributed by atoms with Crippen LogP contribution in [0.1, 0.15) is 47.4 Å². The minimum atomic E-state index is -0.267. The number of hydrogen-bond acceptors (Lipinski definition) is 3. The molecule has 4 heteroatoms. The maximum absolute atomic E-state index is 11.5. The van der Waals surface area contributed by atoms with Crippen LogP contribution in [-0.2, 0) is 0 Å². The van der Waals surface area contributed by atoms with Crippen molar-refractivity contribution in [2.24, 2.45) is 11.8 Å². The first-order valence-electron chi connectivity index (χ1n) is 11.6. The maximum atomic E-state index is 11.5. The lowest BCUT2D eigenvalue weighted by Gasteiger charge is -2.51. The largest absolute Gasteiger partial charge is 0.363 e. The SMILES string of the molecule is O=[N+]([O-])c1cccc([C@H]2[C@@H]3CC=C[C@@H]3c3c4c(cc5ccccc35)[C@H]3C=CC[C@@H]3CN42)c1. The standard InChI is InChI=1S/C28H24N2O2/c31-30(32)20-9-3-7-18(14-20)27-24-13-5-12-23(24)26-22-10-2-1-6-17(22)15-25-21-11-4-8-19(21)16-29(27)28(25)26/h1-7,9-12,14-15,19,21,23-24,27H,8,13,16H2/t19-,21+,23+,24-,27+/m1/s1. The first-order valence-corrected chi connectivity index (χ1v) is 11.6. The summed E-state index contributed by atoms with van der Waals surface area (Å²) < 4.78 is 0. The molecular formula is C28H24N2O2. The molecule has 0 unspecified atom stereocenters. The first kappa shape index (κ1) is 18.2. The second-order valence-electron chi connectivity index (χ2n) is 9.70. The van der Waals surface area contributed by atoms with Gasteiger partial charge in [-0.2, -0.15) is 0 Å².